The zero-order valence-corrected chi connectivity index (χ0v) is 19.9. The average Bonchev–Trinajstić information content (AvgIpc) is 3.39. The summed E-state index contributed by atoms with van der Waals surface area (Å²) in [6, 6.07) is 14.3. The highest BCUT2D eigenvalue weighted by molar-refractivity contribution is 6.33. The van der Waals surface area contributed by atoms with Gasteiger partial charge in [-0.3, -0.25) is 4.79 Å². The predicted molar refractivity (Wildman–Crippen MR) is 132 cm³/mol. The van der Waals surface area contributed by atoms with Crippen LogP contribution in [0.4, 0.5) is 5.69 Å². The Morgan fingerprint density at radius 2 is 1.91 bits per heavy atom. The fourth-order valence-electron chi connectivity index (χ4n) is 3.47. The molecule has 2 heterocycles. The normalized spacial score (nSPS) is 14.5. The number of amides is 1. The molecule has 0 atom stereocenters. The molecule has 1 N–H and O–H groups in total. The number of carbonyl (C=O) groups excluding carboxylic acids is 2. The molecule has 9 heteroatoms. The van der Waals surface area contributed by atoms with Crippen molar-refractivity contribution in [1.29, 1.82) is 0 Å². The molecular formula is C26H21ClN2O6. The average molecular weight is 493 g/mol. The van der Waals surface area contributed by atoms with Gasteiger partial charge in [0.1, 0.15) is 11.5 Å². The quantitative estimate of drug-likeness (QED) is 0.350. The maximum absolute atomic E-state index is 13.0. The molecule has 1 amide bonds. The minimum absolute atomic E-state index is 0.0517. The second-order valence-electron chi connectivity index (χ2n) is 8.07. The summed E-state index contributed by atoms with van der Waals surface area (Å²) in [7, 11) is 0. The van der Waals surface area contributed by atoms with Crippen molar-refractivity contribution >= 4 is 46.9 Å². The summed E-state index contributed by atoms with van der Waals surface area (Å²) in [6.45, 7) is 5.18. The summed E-state index contributed by atoms with van der Waals surface area (Å²) < 4.78 is 11.1. The molecule has 2 aromatic carbocycles. The summed E-state index contributed by atoms with van der Waals surface area (Å²) in [6.07, 6.45) is 1.28. The van der Waals surface area contributed by atoms with Crippen molar-refractivity contribution in [3.05, 3.63) is 82.1 Å². The SMILES string of the molecule is CC1=NN(c2cccc(C(=O)O)c2)C(=O)/C1=C\c1ccc(-c2ccc(Cl)c(C(=O)OC(C)C)c2)o1. The van der Waals surface area contributed by atoms with Crippen LogP contribution in [0.5, 0.6) is 0 Å². The molecule has 0 spiro atoms. The predicted octanol–water partition coefficient (Wildman–Crippen LogP) is 5.67. The second kappa shape index (κ2) is 9.60. The summed E-state index contributed by atoms with van der Waals surface area (Å²) in [5.41, 5.74) is 2.01. The number of furan rings is 1. The van der Waals surface area contributed by atoms with Crippen molar-refractivity contribution in [2.75, 3.05) is 5.01 Å². The first-order valence-corrected chi connectivity index (χ1v) is 11.1. The highest BCUT2D eigenvalue weighted by Gasteiger charge is 2.29. The lowest BCUT2D eigenvalue weighted by Crippen LogP contribution is -2.21. The topological polar surface area (TPSA) is 109 Å². The minimum Gasteiger partial charge on any atom is -0.478 e. The summed E-state index contributed by atoms with van der Waals surface area (Å²) in [5.74, 6) is -1.16. The summed E-state index contributed by atoms with van der Waals surface area (Å²) >= 11 is 6.18. The molecule has 0 radical (unpaired) electrons. The van der Waals surface area contributed by atoms with Crippen molar-refractivity contribution in [2.24, 2.45) is 5.10 Å². The van der Waals surface area contributed by atoms with E-state index in [0.29, 0.717) is 34.1 Å². The number of carboxylic acids is 1. The van der Waals surface area contributed by atoms with Gasteiger partial charge in [0, 0.05) is 5.56 Å². The van der Waals surface area contributed by atoms with Crippen LogP contribution >= 0.6 is 11.6 Å². The van der Waals surface area contributed by atoms with Crippen molar-refractivity contribution in [1.82, 2.24) is 0 Å². The molecule has 0 saturated carbocycles. The Kier molecular flexibility index (Phi) is 6.57. The summed E-state index contributed by atoms with van der Waals surface area (Å²) in [5, 5.41) is 14.9. The number of ether oxygens (including phenoxy) is 1. The van der Waals surface area contributed by atoms with Gasteiger partial charge in [0.25, 0.3) is 5.91 Å². The number of hydrogen-bond donors (Lipinski definition) is 1. The van der Waals surface area contributed by atoms with E-state index in [-0.39, 0.29) is 22.3 Å². The lowest BCUT2D eigenvalue weighted by Gasteiger charge is -2.12. The van der Waals surface area contributed by atoms with Gasteiger partial charge in [-0.1, -0.05) is 17.7 Å². The number of benzene rings is 2. The van der Waals surface area contributed by atoms with Gasteiger partial charge in [-0.2, -0.15) is 10.1 Å². The number of carbonyl (C=O) groups is 3. The van der Waals surface area contributed by atoms with Crippen LogP contribution in [-0.4, -0.2) is 34.8 Å². The maximum Gasteiger partial charge on any atom is 0.339 e. The van der Waals surface area contributed by atoms with Gasteiger partial charge in [0.2, 0.25) is 0 Å². The number of hydrazone groups is 1. The Labute approximate surface area is 206 Å². The Morgan fingerprint density at radius 3 is 2.63 bits per heavy atom. The van der Waals surface area contributed by atoms with Gasteiger partial charge in [0.15, 0.2) is 0 Å². The molecule has 1 aliphatic heterocycles. The van der Waals surface area contributed by atoms with Crippen molar-refractivity contribution < 1.29 is 28.6 Å². The number of anilines is 1. The first kappa shape index (κ1) is 24.0. The van der Waals surface area contributed by atoms with Crippen LogP contribution in [0.2, 0.25) is 5.02 Å². The van der Waals surface area contributed by atoms with E-state index in [1.54, 1.807) is 69.3 Å². The van der Waals surface area contributed by atoms with Gasteiger partial charge >= 0.3 is 11.9 Å². The Balaban J connectivity index is 1.60. The monoisotopic (exact) mass is 492 g/mol. The van der Waals surface area contributed by atoms with E-state index in [0.717, 1.165) is 5.01 Å². The first-order valence-electron chi connectivity index (χ1n) is 10.7. The van der Waals surface area contributed by atoms with Crippen LogP contribution in [0.15, 0.2) is 69.7 Å². The highest BCUT2D eigenvalue weighted by atomic mass is 35.5. The van der Waals surface area contributed by atoms with Gasteiger partial charge in [-0.05, 0) is 75.4 Å². The Bertz CT molecular complexity index is 1400. The number of esters is 1. The van der Waals surface area contributed by atoms with Gasteiger partial charge < -0.3 is 14.3 Å². The molecule has 0 bridgehead atoms. The smallest absolute Gasteiger partial charge is 0.339 e. The Morgan fingerprint density at radius 1 is 1.14 bits per heavy atom. The third-order valence-electron chi connectivity index (χ3n) is 5.13. The number of hydrogen-bond acceptors (Lipinski definition) is 6. The molecule has 1 aromatic heterocycles. The van der Waals surface area contributed by atoms with Crippen LogP contribution in [-0.2, 0) is 9.53 Å². The van der Waals surface area contributed by atoms with Gasteiger partial charge in [0.05, 0.1) is 39.2 Å². The van der Waals surface area contributed by atoms with E-state index in [2.05, 4.69) is 5.10 Å². The molecule has 0 fully saturated rings. The van der Waals surface area contributed by atoms with E-state index in [1.807, 2.05) is 0 Å². The lowest BCUT2D eigenvalue weighted by atomic mass is 10.1. The lowest BCUT2D eigenvalue weighted by molar-refractivity contribution is -0.114. The van der Waals surface area contributed by atoms with E-state index >= 15 is 0 Å². The zero-order valence-electron chi connectivity index (χ0n) is 19.1. The number of halogens is 1. The van der Waals surface area contributed by atoms with Crippen molar-refractivity contribution in [3.8, 4) is 11.3 Å². The molecule has 0 unspecified atom stereocenters. The maximum atomic E-state index is 13.0. The molecule has 8 nitrogen and oxygen atoms in total. The minimum atomic E-state index is -1.10. The largest absolute Gasteiger partial charge is 0.478 e. The number of nitrogens with zero attached hydrogens (tertiary/aromatic N) is 2. The molecule has 1 aliphatic rings. The molecule has 35 heavy (non-hydrogen) atoms. The number of rotatable bonds is 6. The molecule has 178 valence electrons. The van der Waals surface area contributed by atoms with Crippen molar-refractivity contribution in [2.45, 2.75) is 26.9 Å². The molecule has 3 aromatic rings. The number of aromatic carboxylic acids is 1. The zero-order chi connectivity index (χ0) is 25.3. The van der Waals surface area contributed by atoms with Gasteiger partial charge in [-0.15, -0.1) is 0 Å². The molecule has 0 aliphatic carbocycles. The molecule has 4 rings (SSSR count). The molecular weight excluding hydrogens is 472 g/mol. The molecule has 0 saturated heterocycles. The highest BCUT2D eigenvalue weighted by Crippen LogP contribution is 2.30. The fourth-order valence-corrected chi connectivity index (χ4v) is 3.67. The summed E-state index contributed by atoms with van der Waals surface area (Å²) in [4.78, 5) is 36.6. The van der Waals surface area contributed by atoms with E-state index in [9.17, 15) is 19.5 Å². The van der Waals surface area contributed by atoms with Crippen LogP contribution in [0.3, 0.4) is 0 Å². The third kappa shape index (κ3) is 5.02. The van der Waals surface area contributed by atoms with Crippen LogP contribution < -0.4 is 5.01 Å². The van der Waals surface area contributed by atoms with E-state index < -0.39 is 17.8 Å². The first-order chi connectivity index (χ1) is 16.6. The van der Waals surface area contributed by atoms with Crippen LogP contribution in [0.25, 0.3) is 17.4 Å². The number of carboxylic acid groups (broad SMARTS) is 1. The van der Waals surface area contributed by atoms with E-state index in [1.165, 1.54) is 12.1 Å². The van der Waals surface area contributed by atoms with Crippen LogP contribution in [0, 0.1) is 0 Å². The van der Waals surface area contributed by atoms with Crippen LogP contribution in [0.1, 0.15) is 47.2 Å². The second-order valence-corrected chi connectivity index (χ2v) is 8.47. The third-order valence-corrected chi connectivity index (χ3v) is 5.46. The fraction of sp³-hybridized carbons (Fsp3) is 0.154. The Hall–Kier alpha value is -4.17. The standard InChI is InChI=1S/C26H21ClN2O6/c1-14(2)34-26(33)21-12-16(7-9-22(21)27)23-10-8-19(35-23)13-20-15(3)28-29(24(20)30)18-6-4-5-17(11-18)25(31)32/h4-14H,1-3H3,(H,31,32)/b20-13-. The van der Waals surface area contributed by atoms with E-state index in [4.69, 9.17) is 20.8 Å². The van der Waals surface area contributed by atoms with Gasteiger partial charge in [-0.25, -0.2) is 9.59 Å². The van der Waals surface area contributed by atoms with Crippen molar-refractivity contribution in [3.63, 3.8) is 0 Å².